The highest BCUT2D eigenvalue weighted by atomic mass is 16.3. The molecule has 15 heavy (non-hydrogen) atoms. The highest BCUT2D eigenvalue weighted by Crippen LogP contribution is 2.23. The molecule has 0 bridgehead atoms. The third-order valence-electron chi connectivity index (χ3n) is 2.65. The fraction of sp³-hybridized carbons (Fsp3) is 0.231. The summed E-state index contributed by atoms with van der Waals surface area (Å²) in [6.07, 6.45) is 2.22. The van der Waals surface area contributed by atoms with Crippen LogP contribution in [0.3, 0.4) is 0 Å². The quantitative estimate of drug-likeness (QED) is 0.786. The smallest absolute Gasteiger partial charge is 0.119 e. The molecule has 2 aromatic rings. The summed E-state index contributed by atoms with van der Waals surface area (Å²) >= 11 is 0. The molecule has 1 atom stereocenters. The van der Waals surface area contributed by atoms with E-state index in [9.17, 15) is 5.11 Å². The summed E-state index contributed by atoms with van der Waals surface area (Å²) in [7, 11) is 0. The predicted molar refractivity (Wildman–Crippen MR) is 60.7 cm³/mol. The molecule has 0 spiro atoms. The first-order valence-corrected chi connectivity index (χ1v) is 5.22. The van der Waals surface area contributed by atoms with Gasteiger partial charge in [-0.2, -0.15) is 0 Å². The van der Waals surface area contributed by atoms with Gasteiger partial charge in [-0.05, 0) is 29.7 Å². The molecule has 0 saturated carbocycles. The van der Waals surface area contributed by atoms with Crippen molar-refractivity contribution in [2.24, 2.45) is 0 Å². The maximum atomic E-state index is 10.2. The van der Waals surface area contributed by atoms with Gasteiger partial charge in [0.2, 0.25) is 0 Å². The number of H-pyrrole nitrogens is 1. The van der Waals surface area contributed by atoms with Crippen LogP contribution in [0.4, 0.5) is 0 Å². The summed E-state index contributed by atoms with van der Waals surface area (Å²) in [5, 5.41) is 10.2. The van der Waals surface area contributed by atoms with Gasteiger partial charge >= 0.3 is 0 Å². The Hall–Kier alpha value is -1.54. The minimum Gasteiger partial charge on any atom is -0.382 e. The molecule has 1 heterocycles. The van der Waals surface area contributed by atoms with Crippen molar-refractivity contribution in [3.05, 3.63) is 59.4 Å². The van der Waals surface area contributed by atoms with Gasteiger partial charge in [-0.15, -0.1) is 0 Å². The number of aromatic nitrogens is 1. The van der Waals surface area contributed by atoms with Gasteiger partial charge in [0.15, 0.2) is 0 Å². The number of aromatic amines is 1. The number of aliphatic hydroxyl groups is 1. The van der Waals surface area contributed by atoms with Crippen molar-refractivity contribution in [3.63, 3.8) is 0 Å². The zero-order valence-electron chi connectivity index (χ0n) is 8.77. The van der Waals surface area contributed by atoms with Crippen LogP contribution >= 0.6 is 0 Å². The maximum absolute atomic E-state index is 10.2. The molecule has 0 aliphatic heterocycles. The van der Waals surface area contributed by atoms with Crippen molar-refractivity contribution in [2.75, 3.05) is 0 Å². The highest BCUT2D eigenvalue weighted by molar-refractivity contribution is 5.33. The molecule has 78 valence electrons. The lowest BCUT2D eigenvalue weighted by atomic mass is 9.99. The Labute approximate surface area is 89.6 Å². The number of aryl methyl sites for hydroxylation is 1. The first-order chi connectivity index (χ1) is 7.33. The van der Waals surface area contributed by atoms with E-state index in [0.717, 1.165) is 17.7 Å². The minimum atomic E-state index is -0.545. The third-order valence-corrected chi connectivity index (χ3v) is 2.65. The minimum absolute atomic E-state index is 0.545. The summed E-state index contributed by atoms with van der Waals surface area (Å²) in [6, 6.07) is 11.8. The van der Waals surface area contributed by atoms with Gasteiger partial charge in [-0.1, -0.05) is 31.2 Å². The average molecular weight is 201 g/mol. The Morgan fingerprint density at radius 2 is 2.00 bits per heavy atom. The zero-order valence-corrected chi connectivity index (χ0v) is 8.77. The van der Waals surface area contributed by atoms with Gasteiger partial charge < -0.3 is 10.1 Å². The molecule has 1 aromatic carbocycles. The van der Waals surface area contributed by atoms with E-state index >= 15 is 0 Å². The molecule has 2 rings (SSSR count). The summed E-state index contributed by atoms with van der Waals surface area (Å²) < 4.78 is 0. The lowest BCUT2D eigenvalue weighted by Crippen LogP contribution is -2.03. The summed E-state index contributed by atoms with van der Waals surface area (Å²) in [5.41, 5.74) is 3.03. The number of rotatable bonds is 3. The number of hydrogen-bond acceptors (Lipinski definition) is 1. The van der Waals surface area contributed by atoms with Crippen LogP contribution < -0.4 is 0 Å². The van der Waals surface area contributed by atoms with Gasteiger partial charge in [0, 0.05) is 11.9 Å². The fourth-order valence-electron chi connectivity index (χ4n) is 1.80. The summed E-state index contributed by atoms with van der Waals surface area (Å²) in [6.45, 7) is 2.10. The van der Waals surface area contributed by atoms with E-state index in [-0.39, 0.29) is 0 Å². The molecular formula is C13H15NO. The van der Waals surface area contributed by atoms with E-state index in [2.05, 4.69) is 18.0 Å². The molecule has 0 aliphatic carbocycles. The van der Waals surface area contributed by atoms with Gasteiger partial charge in [0.25, 0.3) is 0 Å². The van der Waals surface area contributed by atoms with Crippen LogP contribution in [0.5, 0.6) is 0 Å². The predicted octanol–water partition coefficient (Wildman–Crippen LogP) is 2.66. The molecule has 0 radical (unpaired) electrons. The first-order valence-electron chi connectivity index (χ1n) is 5.22. The Balaban J connectivity index is 2.37. The second-order valence-electron chi connectivity index (χ2n) is 3.58. The Morgan fingerprint density at radius 1 is 1.20 bits per heavy atom. The lowest BCUT2D eigenvalue weighted by molar-refractivity contribution is 0.215. The maximum Gasteiger partial charge on any atom is 0.119 e. The van der Waals surface area contributed by atoms with Gasteiger partial charge in [0.05, 0.1) is 0 Å². The number of hydrogen-bond donors (Lipinski definition) is 2. The van der Waals surface area contributed by atoms with E-state index in [1.165, 1.54) is 5.56 Å². The van der Waals surface area contributed by atoms with Gasteiger partial charge in [-0.3, -0.25) is 0 Å². The van der Waals surface area contributed by atoms with Crippen LogP contribution in [0.15, 0.2) is 42.6 Å². The standard InChI is InChI=1S/C13H15NO/c1-2-10-6-3-4-7-11(10)13(15)12-8-5-9-14-12/h3-9,13-15H,2H2,1H3. The van der Waals surface area contributed by atoms with E-state index < -0.39 is 6.10 Å². The fourth-order valence-corrected chi connectivity index (χ4v) is 1.80. The molecule has 1 unspecified atom stereocenters. The number of aliphatic hydroxyl groups excluding tert-OH is 1. The topological polar surface area (TPSA) is 36.0 Å². The SMILES string of the molecule is CCc1ccccc1C(O)c1ccc[nH]1. The van der Waals surface area contributed by atoms with E-state index in [4.69, 9.17) is 0 Å². The molecule has 2 heteroatoms. The number of benzene rings is 1. The second-order valence-corrected chi connectivity index (χ2v) is 3.58. The van der Waals surface area contributed by atoms with Gasteiger partial charge in [-0.25, -0.2) is 0 Å². The molecule has 0 fully saturated rings. The summed E-state index contributed by atoms with van der Waals surface area (Å²) in [5.74, 6) is 0. The third kappa shape index (κ3) is 1.95. The molecule has 0 saturated heterocycles. The van der Waals surface area contributed by atoms with Crippen molar-refractivity contribution in [1.82, 2.24) is 4.98 Å². The monoisotopic (exact) mass is 201 g/mol. The molecule has 0 aliphatic rings. The van der Waals surface area contributed by atoms with Crippen molar-refractivity contribution < 1.29 is 5.11 Å². The first kappa shape index (κ1) is 9.99. The van der Waals surface area contributed by atoms with Crippen LogP contribution in [0.1, 0.15) is 29.8 Å². The Bertz CT molecular complexity index is 420. The summed E-state index contributed by atoms with van der Waals surface area (Å²) in [4.78, 5) is 3.04. The van der Waals surface area contributed by atoms with Crippen molar-refractivity contribution >= 4 is 0 Å². The second kappa shape index (κ2) is 4.32. The largest absolute Gasteiger partial charge is 0.382 e. The molecule has 1 aromatic heterocycles. The lowest BCUT2D eigenvalue weighted by Gasteiger charge is -2.13. The zero-order chi connectivity index (χ0) is 10.7. The van der Waals surface area contributed by atoms with Crippen LogP contribution in [0.25, 0.3) is 0 Å². The van der Waals surface area contributed by atoms with Crippen molar-refractivity contribution in [3.8, 4) is 0 Å². The average Bonchev–Trinajstić information content (AvgIpc) is 2.81. The Morgan fingerprint density at radius 3 is 2.67 bits per heavy atom. The van der Waals surface area contributed by atoms with Crippen LogP contribution in [-0.2, 0) is 6.42 Å². The van der Waals surface area contributed by atoms with E-state index in [1.807, 2.05) is 36.5 Å². The molecule has 2 nitrogen and oxygen atoms in total. The van der Waals surface area contributed by atoms with E-state index in [1.54, 1.807) is 0 Å². The highest BCUT2D eigenvalue weighted by Gasteiger charge is 2.13. The normalized spacial score (nSPS) is 12.7. The van der Waals surface area contributed by atoms with Crippen LogP contribution in [-0.4, -0.2) is 10.1 Å². The Kier molecular flexibility index (Phi) is 2.88. The number of nitrogens with one attached hydrogen (secondary N) is 1. The van der Waals surface area contributed by atoms with Crippen LogP contribution in [0.2, 0.25) is 0 Å². The van der Waals surface area contributed by atoms with Crippen molar-refractivity contribution in [2.45, 2.75) is 19.4 Å². The molecule has 2 N–H and O–H groups in total. The molecular weight excluding hydrogens is 186 g/mol. The molecule has 0 amide bonds. The van der Waals surface area contributed by atoms with Crippen molar-refractivity contribution in [1.29, 1.82) is 0 Å². The van der Waals surface area contributed by atoms with Crippen LogP contribution in [0, 0.1) is 0 Å². The van der Waals surface area contributed by atoms with Gasteiger partial charge in [0.1, 0.15) is 6.10 Å². The van der Waals surface area contributed by atoms with E-state index in [0.29, 0.717) is 0 Å².